The standard InChI is InChI=1S/C17H15N3O2/c1-2-14-13(11-5-7-18-16(21)9-11)3-4-15(20-14)12-6-8-19-17(22)10-12/h3-10H,2H2,1H3,(H,18,21)(H,19,22). The molecule has 3 heterocycles. The van der Waals surface area contributed by atoms with Gasteiger partial charge in [0.05, 0.1) is 5.69 Å². The monoisotopic (exact) mass is 293 g/mol. The van der Waals surface area contributed by atoms with Crippen molar-refractivity contribution in [1.29, 1.82) is 0 Å². The highest BCUT2D eigenvalue weighted by Crippen LogP contribution is 2.25. The Labute approximate surface area is 126 Å². The Morgan fingerprint density at radius 2 is 1.55 bits per heavy atom. The molecule has 3 aromatic heterocycles. The Bertz CT molecular complexity index is 925. The van der Waals surface area contributed by atoms with E-state index >= 15 is 0 Å². The van der Waals surface area contributed by atoms with Gasteiger partial charge in [0.25, 0.3) is 0 Å². The van der Waals surface area contributed by atoms with Crippen LogP contribution in [0.4, 0.5) is 0 Å². The summed E-state index contributed by atoms with van der Waals surface area (Å²) in [7, 11) is 0. The molecule has 0 aliphatic heterocycles. The van der Waals surface area contributed by atoms with Gasteiger partial charge in [-0.25, -0.2) is 0 Å². The van der Waals surface area contributed by atoms with Crippen LogP contribution in [0.5, 0.6) is 0 Å². The molecule has 0 spiro atoms. The fraction of sp³-hybridized carbons (Fsp3) is 0.118. The SMILES string of the molecule is CCc1nc(-c2cc[nH]c(=O)c2)ccc1-c1cc[nH]c(=O)c1. The summed E-state index contributed by atoms with van der Waals surface area (Å²) in [5, 5.41) is 0. The van der Waals surface area contributed by atoms with Crippen molar-refractivity contribution < 1.29 is 0 Å². The molecule has 2 N–H and O–H groups in total. The molecular weight excluding hydrogens is 278 g/mol. The lowest BCUT2D eigenvalue weighted by Crippen LogP contribution is -2.05. The van der Waals surface area contributed by atoms with E-state index < -0.39 is 0 Å². The van der Waals surface area contributed by atoms with Crippen LogP contribution in [-0.2, 0) is 6.42 Å². The molecule has 0 unspecified atom stereocenters. The third-order valence-electron chi connectivity index (χ3n) is 3.47. The minimum Gasteiger partial charge on any atom is -0.329 e. The summed E-state index contributed by atoms with van der Waals surface area (Å²) in [5.41, 5.74) is 3.89. The smallest absolute Gasteiger partial charge is 0.248 e. The number of pyridine rings is 3. The molecule has 0 aromatic carbocycles. The topological polar surface area (TPSA) is 78.6 Å². The van der Waals surface area contributed by atoms with Crippen molar-refractivity contribution in [2.45, 2.75) is 13.3 Å². The van der Waals surface area contributed by atoms with Crippen LogP contribution in [0.3, 0.4) is 0 Å². The van der Waals surface area contributed by atoms with Crippen LogP contribution in [0.15, 0.2) is 58.4 Å². The minimum absolute atomic E-state index is 0.141. The van der Waals surface area contributed by atoms with Gasteiger partial charge in [-0.1, -0.05) is 13.0 Å². The first-order valence-corrected chi connectivity index (χ1v) is 7.05. The van der Waals surface area contributed by atoms with Crippen LogP contribution in [0, 0.1) is 0 Å². The Balaban J connectivity index is 2.12. The fourth-order valence-corrected chi connectivity index (χ4v) is 2.41. The number of hydrogen-bond donors (Lipinski definition) is 2. The van der Waals surface area contributed by atoms with Gasteiger partial charge in [0.2, 0.25) is 11.1 Å². The molecule has 0 atom stereocenters. The maximum absolute atomic E-state index is 11.5. The summed E-state index contributed by atoms with van der Waals surface area (Å²) in [6.45, 7) is 2.01. The average Bonchev–Trinajstić information content (AvgIpc) is 2.54. The molecule has 110 valence electrons. The van der Waals surface area contributed by atoms with Crippen LogP contribution < -0.4 is 11.1 Å². The highest BCUT2D eigenvalue weighted by atomic mass is 16.1. The van der Waals surface area contributed by atoms with Crippen molar-refractivity contribution in [2.24, 2.45) is 0 Å². The minimum atomic E-state index is -0.156. The molecule has 0 amide bonds. The van der Waals surface area contributed by atoms with Gasteiger partial charge in [0, 0.05) is 41.3 Å². The summed E-state index contributed by atoms with van der Waals surface area (Å²) >= 11 is 0. The van der Waals surface area contributed by atoms with Gasteiger partial charge < -0.3 is 9.97 Å². The van der Waals surface area contributed by atoms with E-state index in [1.165, 1.54) is 6.07 Å². The summed E-state index contributed by atoms with van der Waals surface area (Å²) in [4.78, 5) is 32.7. The second-order valence-corrected chi connectivity index (χ2v) is 4.93. The van der Waals surface area contributed by atoms with Crippen LogP contribution in [0.1, 0.15) is 12.6 Å². The summed E-state index contributed by atoms with van der Waals surface area (Å²) in [5.74, 6) is 0. The third-order valence-corrected chi connectivity index (χ3v) is 3.47. The van der Waals surface area contributed by atoms with Crippen molar-refractivity contribution in [2.75, 3.05) is 0 Å². The molecule has 3 rings (SSSR count). The molecule has 3 aromatic rings. The highest BCUT2D eigenvalue weighted by molar-refractivity contribution is 5.69. The molecule has 5 nitrogen and oxygen atoms in total. The number of nitrogens with one attached hydrogen (secondary N) is 2. The zero-order valence-electron chi connectivity index (χ0n) is 12.1. The first-order chi connectivity index (χ1) is 10.7. The van der Waals surface area contributed by atoms with E-state index in [1.807, 2.05) is 31.2 Å². The molecule has 0 fully saturated rings. The van der Waals surface area contributed by atoms with Crippen molar-refractivity contribution in [3.8, 4) is 22.4 Å². The maximum atomic E-state index is 11.5. The normalized spacial score (nSPS) is 10.6. The molecule has 0 saturated carbocycles. The van der Waals surface area contributed by atoms with E-state index in [4.69, 9.17) is 0 Å². The first kappa shape index (κ1) is 14.0. The number of nitrogens with zero attached hydrogens (tertiary/aromatic N) is 1. The van der Waals surface area contributed by atoms with E-state index in [2.05, 4.69) is 15.0 Å². The molecule has 0 bridgehead atoms. The van der Waals surface area contributed by atoms with Crippen molar-refractivity contribution in [1.82, 2.24) is 15.0 Å². The number of aromatic nitrogens is 3. The third kappa shape index (κ3) is 2.74. The molecule has 22 heavy (non-hydrogen) atoms. The number of H-pyrrole nitrogens is 2. The molecule has 5 heteroatoms. The second-order valence-electron chi connectivity index (χ2n) is 4.93. The van der Waals surface area contributed by atoms with Crippen LogP contribution >= 0.6 is 0 Å². The Hall–Kier alpha value is -2.95. The molecule has 0 radical (unpaired) electrons. The zero-order chi connectivity index (χ0) is 15.5. The van der Waals surface area contributed by atoms with Gasteiger partial charge in [-0.3, -0.25) is 14.6 Å². The summed E-state index contributed by atoms with van der Waals surface area (Å²) in [6.07, 6.45) is 3.97. The predicted molar refractivity (Wildman–Crippen MR) is 85.7 cm³/mol. The zero-order valence-corrected chi connectivity index (χ0v) is 12.1. The van der Waals surface area contributed by atoms with Crippen LogP contribution in [0.2, 0.25) is 0 Å². The van der Waals surface area contributed by atoms with Crippen LogP contribution in [-0.4, -0.2) is 15.0 Å². The van der Waals surface area contributed by atoms with Crippen LogP contribution in [0.25, 0.3) is 22.4 Å². The fourth-order valence-electron chi connectivity index (χ4n) is 2.41. The number of rotatable bonds is 3. The van der Waals surface area contributed by atoms with Gasteiger partial charge in [-0.15, -0.1) is 0 Å². The van der Waals surface area contributed by atoms with Crippen molar-refractivity contribution >= 4 is 0 Å². The van der Waals surface area contributed by atoms with E-state index in [1.54, 1.807) is 18.5 Å². The largest absolute Gasteiger partial charge is 0.329 e. The molecule has 0 aliphatic rings. The summed E-state index contributed by atoms with van der Waals surface area (Å²) < 4.78 is 0. The van der Waals surface area contributed by atoms with E-state index in [9.17, 15) is 9.59 Å². The van der Waals surface area contributed by atoms with Gasteiger partial charge in [0.1, 0.15) is 0 Å². The summed E-state index contributed by atoms with van der Waals surface area (Å²) in [6, 6.07) is 10.6. The van der Waals surface area contributed by atoms with Crippen molar-refractivity contribution in [3.63, 3.8) is 0 Å². The number of hydrogen-bond acceptors (Lipinski definition) is 3. The van der Waals surface area contributed by atoms with Gasteiger partial charge in [-0.2, -0.15) is 0 Å². The van der Waals surface area contributed by atoms with Gasteiger partial charge in [0.15, 0.2) is 0 Å². The van der Waals surface area contributed by atoms with Crippen molar-refractivity contribution in [3.05, 3.63) is 75.2 Å². The Morgan fingerprint density at radius 3 is 2.18 bits per heavy atom. The van der Waals surface area contributed by atoms with E-state index in [0.717, 1.165) is 34.5 Å². The number of aromatic amines is 2. The molecule has 0 aliphatic carbocycles. The molecular formula is C17H15N3O2. The molecule has 0 saturated heterocycles. The predicted octanol–water partition coefficient (Wildman–Crippen LogP) is 2.35. The van der Waals surface area contributed by atoms with E-state index in [0.29, 0.717) is 0 Å². The first-order valence-electron chi connectivity index (χ1n) is 7.05. The average molecular weight is 293 g/mol. The van der Waals surface area contributed by atoms with E-state index in [-0.39, 0.29) is 11.1 Å². The lowest BCUT2D eigenvalue weighted by molar-refractivity contribution is 1.04. The lowest BCUT2D eigenvalue weighted by atomic mass is 10.0. The number of aryl methyl sites for hydroxylation is 1. The Morgan fingerprint density at radius 1 is 0.909 bits per heavy atom. The van der Waals surface area contributed by atoms with Gasteiger partial charge >= 0.3 is 0 Å². The van der Waals surface area contributed by atoms with Gasteiger partial charge in [-0.05, 0) is 30.2 Å². The quantitative estimate of drug-likeness (QED) is 0.778. The Kier molecular flexibility index (Phi) is 3.70. The lowest BCUT2D eigenvalue weighted by Gasteiger charge is -2.09. The maximum Gasteiger partial charge on any atom is 0.248 e. The second kappa shape index (κ2) is 5.81. The highest BCUT2D eigenvalue weighted by Gasteiger charge is 2.09.